The number of carboxylic acid groups (broad SMARTS) is 1. The number of ether oxygens (including phenoxy) is 2. The van der Waals surface area contributed by atoms with Gasteiger partial charge in [0.1, 0.15) is 66.1 Å². The van der Waals surface area contributed by atoms with Crippen LogP contribution in [0, 0.1) is 23.7 Å². The Kier molecular flexibility index (Phi) is 38.5. The minimum atomic E-state index is -2.63. The Hall–Kier alpha value is -9.82. The van der Waals surface area contributed by atoms with Crippen LogP contribution in [0.15, 0.2) is 59.6 Å². The van der Waals surface area contributed by atoms with Crippen LogP contribution in [0.25, 0.3) is 0 Å². The lowest BCUT2D eigenvalue weighted by molar-refractivity contribution is -0.159. The summed E-state index contributed by atoms with van der Waals surface area (Å²) in [5, 5.41) is 89.9. The number of primary amides is 1. The number of nitrogens with zero attached hydrogens (tertiary/aromatic N) is 1. The molecule has 3 rings (SSSR count). The van der Waals surface area contributed by atoms with Gasteiger partial charge in [-0.2, -0.15) is 0 Å². The van der Waals surface area contributed by atoms with Crippen molar-refractivity contribution in [2.75, 3.05) is 19.7 Å². The number of cyclic esters (lactones) is 1. The number of aliphatic carboxylic acids is 1. The highest BCUT2D eigenvalue weighted by Crippen LogP contribution is 2.26. The van der Waals surface area contributed by atoms with Gasteiger partial charge in [0.15, 0.2) is 24.2 Å². The number of esters is 1. The molecule has 1 fully saturated rings. The maximum Gasteiger partial charge on any atom is 0.408 e. The van der Waals surface area contributed by atoms with Gasteiger partial charge in [-0.05, 0) is 100 Å². The summed E-state index contributed by atoms with van der Waals surface area (Å²) in [5.74, 6) is -19.5. The molecule has 1 saturated heterocycles. The van der Waals surface area contributed by atoms with Crippen molar-refractivity contribution in [3.05, 3.63) is 70.7 Å². The maximum absolute atomic E-state index is 15.6. The van der Waals surface area contributed by atoms with E-state index in [9.17, 15) is 73.5 Å². The molecule has 0 bridgehead atoms. The number of nitrogens with two attached hydrogens (primary N) is 3. The standard InChI is InChI=1S/C66H102ClN15O20.C2H4O2/c1-13-33(8)43-58(94)79-44(34(9)84)57(93)72-28-42(85)77-47(51(88)53(68)89)61(97)76-41(29-83)63(99)101-52(36-18-15-14-16-19-36)48(81-56(92)40(27-31(4)5)75-60(96)46(82-65(100)102-66(10,11)12)50(87)35-21-23-37(67)24-22-35)62(98)80-45(49(86)32(6)7)59(95)74-39(26-30(2)3)55(91)73-38(54(90)78-43)20-17-25-71-64(69)70;1-2(3)4/h14-16,18-19,21-24,30-34,38-41,43-52,83-84,86-88H,13,17,20,25-29H2,1-12H3,(H2,68,89)(H,72,93)(H,73,91)(H,74,95)(H,75,96)(H,76,97)(H,77,85)(H,78,90)(H,79,94)(H,80,98)(H,81,92)(H,82,100)(H4,69,70,71);1H3,(H,3,4)/t33-,34-,38+,39-,40-,41-,43-,44-,45-,46?,47-,48-,49+,50?,51-,52+;/m0./s1. The Labute approximate surface area is 618 Å². The van der Waals surface area contributed by atoms with E-state index in [0.29, 0.717) is 0 Å². The van der Waals surface area contributed by atoms with Crippen LogP contribution in [0.5, 0.6) is 0 Å². The molecule has 2 aromatic carbocycles. The predicted octanol–water partition coefficient (Wildman–Crippen LogP) is -3.44. The molecule has 16 atom stereocenters. The lowest BCUT2D eigenvalue weighted by atomic mass is 9.95. The third kappa shape index (κ3) is 31.5. The van der Waals surface area contributed by atoms with Crippen molar-refractivity contribution in [3.8, 4) is 0 Å². The van der Waals surface area contributed by atoms with Crippen molar-refractivity contribution in [2.24, 2.45) is 45.9 Å². The van der Waals surface area contributed by atoms with E-state index >= 15 is 14.4 Å². The van der Waals surface area contributed by atoms with E-state index < -0.39 is 216 Å². The van der Waals surface area contributed by atoms with Crippen molar-refractivity contribution >= 4 is 101 Å². The van der Waals surface area contributed by atoms with Crippen LogP contribution in [0.4, 0.5) is 4.79 Å². The summed E-state index contributed by atoms with van der Waals surface area (Å²) >= 11 is 6.13. The molecule has 592 valence electrons. The normalized spacial score (nSPS) is 22.8. The fraction of sp³-hybridized carbons (Fsp3) is 0.603. The van der Waals surface area contributed by atoms with Crippen LogP contribution in [-0.2, 0) is 71.8 Å². The van der Waals surface area contributed by atoms with Crippen LogP contribution in [0.3, 0.4) is 0 Å². The number of nitrogens with one attached hydrogen (secondary N) is 11. The zero-order valence-corrected chi connectivity index (χ0v) is 62.4. The number of aliphatic hydroxyl groups excluding tert-OH is 5. The fourth-order valence-electron chi connectivity index (χ4n) is 10.2. The van der Waals surface area contributed by atoms with E-state index in [0.717, 1.165) is 13.8 Å². The van der Waals surface area contributed by atoms with Crippen molar-refractivity contribution in [1.29, 1.82) is 0 Å². The number of guanidine groups is 1. The van der Waals surface area contributed by atoms with Crippen LogP contribution in [0.2, 0.25) is 5.02 Å². The maximum atomic E-state index is 15.6. The molecule has 0 saturated carbocycles. The number of benzene rings is 2. The average molecular weight is 1520 g/mol. The second kappa shape index (κ2) is 44.2. The topological polar surface area (TPSA) is 602 Å². The third-order valence-electron chi connectivity index (χ3n) is 15.9. The van der Waals surface area contributed by atoms with E-state index in [1.807, 2.05) is 10.6 Å². The number of halogens is 1. The van der Waals surface area contributed by atoms with Gasteiger partial charge in [0.25, 0.3) is 5.97 Å². The van der Waals surface area contributed by atoms with Crippen LogP contribution >= 0.6 is 11.6 Å². The van der Waals surface area contributed by atoms with Crippen LogP contribution in [-0.4, -0.2) is 224 Å². The number of hydrogen-bond donors (Lipinski definition) is 20. The first kappa shape index (κ1) is 92.3. The minimum Gasteiger partial charge on any atom is -0.481 e. The molecule has 2 unspecified atom stereocenters. The molecule has 37 nitrogen and oxygen atoms in total. The van der Waals surface area contributed by atoms with Crippen molar-refractivity contribution in [1.82, 2.24) is 58.5 Å². The van der Waals surface area contributed by atoms with Gasteiger partial charge in [0.05, 0.1) is 25.4 Å². The van der Waals surface area contributed by atoms with Gasteiger partial charge in [-0.15, -0.1) is 0 Å². The molecule has 1 heterocycles. The number of aliphatic hydroxyl groups is 5. The number of carboxylic acids is 1. The first-order chi connectivity index (χ1) is 49.3. The summed E-state index contributed by atoms with van der Waals surface area (Å²) in [7, 11) is 0. The zero-order valence-electron chi connectivity index (χ0n) is 61.6. The molecule has 0 radical (unpaired) electrons. The molecule has 1 aliphatic rings. The van der Waals surface area contributed by atoms with Crippen molar-refractivity contribution < 1.29 is 107 Å². The van der Waals surface area contributed by atoms with Gasteiger partial charge in [0, 0.05) is 18.5 Å². The molecule has 0 aromatic heterocycles. The Morgan fingerprint density at radius 1 is 0.670 bits per heavy atom. The quantitative estimate of drug-likeness (QED) is 0.0210. The summed E-state index contributed by atoms with van der Waals surface area (Å²) in [6, 6.07) is -7.21. The highest BCUT2D eigenvalue weighted by atomic mass is 35.5. The van der Waals surface area contributed by atoms with E-state index in [1.165, 1.54) is 89.2 Å². The van der Waals surface area contributed by atoms with Gasteiger partial charge in [-0.25, -0.2) is 9.59 Å². The molecular weight excluding hydrogens is 1410 g/mol. The number of amides is 12. The monoisotopic (exact) mass is 1520 g/mol. The van der Waals surface area contributed by atoms with Gasteiger partial charge in [-0.3, -0.25) is 62.5 Å². The number of alkyl carbamates (subject to hydrolysis) is 1. The lowest BCUT2D eigenvalue weighted by Gasteiger charge is -2.34. The molecule has 2 aromatic rings. The Bertz CT molecular complexity index is 3350. The Morgan fingerprint density at radius 2 is 1.21 bits per heavy atom. The molecule has 0 spiro atoms. The van der Waals surface area contributed by atoms with Gasteiger partial charge in [0.2, 0.25) is 65.0 Å². The number of carbonyl (C=O) groups is 14. The number of hydrogen-bond acceptors (Lipinski definition) is 22. The average Bonchev–Trinajstić information content (AvgIpc) is 0.809. The summed E-state index contributed by atoms with van der Waals surface area (Å²) in [4.78, 5) is 199. The first-order valence-corrected chi connectivity index (χ1v) is 34.6. The molecule has 12 amide bonds. The van der Waals surface area contributed by atoms with E-state index in [2.05, 4.69) is 52.8 Å². The second-order valence-corrected chi connectivity index (χ2v) is 27.9. The van der Waals surface area contributed by atoms with E-state index in [1.54, 1.807) is 41.5 Å². The third-order valence-corrected chi connectivity index (χ3v) is 16.1. The highest BCUT2D eigenvalue weighted by molar-refractivity contribution is 6.30. The Morgan fingerprint density at radius 3 is 1.73 bits per heavy atom. The number of carbonyl (C=O) groups excluding carboxylic acids is 13. The largest absolute Gasteiger partial charge is 0.481 e. The summed E-state index contributed by atoms with van der Waals surface area (Å²) in [6.45, 7) is 16.9. The number of rotatable bonds is 24. The summed E-state index contributed by atoms with van der Waals surface area (Å²) < 4.78 is 11.4. The fourth-order valence-corrected chi connectivity index (χ4v) is 10.3. The molecule has 0 aliphatic carbocycles. The molecular formula is C68H106ClN15O22. The Balaban J connectivity index is 0.00000928. The first-order valence-electron chi connectivity index (χ1n) is 34.2. The smallest absolute Gasteiger partial charge is 0.408 e. The van der Waals surface area contributed by atoms with E-state index in [-0.39, 0.29) is 60.8 Å². The van der Waals surface area contributed by atoms with Gasteiger partial charge in [-0.1, -0.05) is 116 Å². The van der Waals surface area contributed by atoms with Crippen molar-refractivity contribution in [3.63, 3.8) is 0 Å². The van der Waals surface area contributed by atoms with Crippen LogP contribution in [0.1, 0.15) is 145 Å². The van der Waals surface area contributed by atoms with E-state index in [4.69, 9.17) is 48.2 Å². The molecule has 38 heteroatoms. The molecule has 1 aliphatic heterocycles. The SMILES string of the molecule is CC(=O)O.CC[C@H](C)[C@@H]1NC(=O)[C@@H](CCCN=C(N)N)NC(=O)[C@H](CC(C)C)NC(=O)[C@H]([C@H](O)C(C)C)NC(=O)[C@@H](NC(=O)[C@H](CC(C)C)NC(=O)C(NC(=O)OC(C)(C)C)C(O)c2ccc(Cl)cc2)[C@@H](c2ccccc2)OC(=O)[C@H](CO)NC(=O)[C@H]([C@H](O)C(N)=O)NC(=O)CNC(=O)[C@H]([C@H](C)O)NC1=O. The lowest BCUT2D eigenvalue weighted by Crippen LogP contribution is -2.64. The molecule has 23 N–H and O–H groups in total. The molecule has 106 heavy (non-hydrogen) atoms. The second-order valence-electron chi connectivity index (χ2n) is 27.5. The van der Waals surface area contributed by atoms with Crippen molar-refractivity contribution in [2.45, 2.75) is 219 Å². The van der Waals surface area contributed by atoms with Gasteiger partial charge >= 0.3 is 12.1 Å². The summed E-state index contributed by atoms with van der Waals surface area (Å²) in [6.07, 6.45) is -11.9. The predicted molar refractivity (Wildman–Crippen MR) is 382 cm³/mol. The zero-order chi connectivity index (χ0) is 80.8. The highest BCUT2D eigenvalue weighted by Gasteiger charge is 2.44. The summed E-state index contributed by atoms with van der Waals surface area (Å²) in [5.41, 5.74) is 15.3. The minimum absolute atomic E-state index is 0.0125. The van der Waals surface area contributed by atoms with Crippen LogP contribution < -0.4 is 75.7 Å². The van der Waals surface area contributed by atoms with Gasteiger partial charge < -0.3 is 116 Å². The number of aliphatic imine (C=N–C) groups is 1.